The first-order chi connectivity index (χ1) is 21.0. The number of para-hydroxylation sites is 1. The quantitative estimate of drug-likeness (QED) is 0.256. The van der Waals surface area contributed by atoms with Crippen LogP contribution in [0.25, 0.3) is 11.0 Å². The molecule has 0 radical (unpaired) electrons. The largest absolute Gasteiger partial charge is 0.497 e. The lowest BCUT2D eigenvalue weighted by molar-refractivity contribution is -0.140. The van der Waals surface area contributed by atoms with E-state index in [0.717, 1.165) is 5.56 Å². The first kappa shape index (κ1) is 27.6. The molecule has 0 saturated heterocycles. The lowest BCUT2D eigenvalue weighted by atomic mass is 10.0. The highest BCUT2D eigenvalue weighted by molar-refractivity contribution is 5.98. The summed E-state index contributed by atoms with van der Waals surface area (Å²) in [6.45, 7) is 0.0769. The molecule has 2 heterocycles. The van der Waals surface area contributed by atoms with Crippen LogP contribution in [-0.2, 0) is 22.7 Å². The smallest absolute Gasteiger partial charge is 0.251 e. The standard InChI is InChI=1S/C32H29N5O6/c1-40-24-12-7-21(8-13-24)18-36(30(38)19-37-27-6-4-3-5-26(27)34-35-37)31(22-9-16-28-29(17-22)43-20-42-28)32(39)33-23-10-14-25(41-2)15-11-23/h3-17,31H,18-20H2,1-2H3,(H,33,39). The summed E-state index contributed by atoms with van der Waals surface area (Å²) in [4.78, 5) is 29.9. The second-order valence-electron chi connectivity index (χ2n) is 9.84. The Bertz CT molecular complexity index is 1750. The molecule has 1 unspecified atom stereocenters. The molecule has 43 heavy (non-hydrogen) atoms. The molecule has 4 aromatic carbocycles. The summed E-state index contributed by atoms with van der Waals surface area (Å²) >= 11 is 0. The predicted octanol–water partition coefficient (Wildman–Crippen LogP) is 4.59. The van der Waals surface area contributed by atoms with E-state index in [-0.39, 0.29) is 25.8 Å². The summed E-state index contributed by atoms with van der Waals surface area (Å²) in [6.07, 6.45) is 0. The number of carbonyl (C=O) groups is 2. The number of methoxy groups -OCH3 is 2. The number of benzene rings is 4. The normalized spacial score (nSPS) is 12.5. The molecule has 0 aliphatic carbocycles. The maximum Gasteiger partial charge on any atom is 0.251 e. The number of hydrogen-bond acceptors (Lipinski definition) is 8. The van der Waals surface area contributed by atoms with Gasteiger partial charge in [-0.05, 0) is 71.8 Å². The van der Waals surface area contributed by atoms with Crippen molar-refractivity contribution < 1.29 is 28.5 Å². The van der Waals surface area contributed by atoms with Gasteiger partial charge in [0, 0.05) is 12.2 Å². The van der Waals surface area contributed by atoms with E-state index in [2.05, 4.69) is 15.6 Å². The van der Waals surface area contributed by atoms with Crippen molar-refractivity contribution in [3.05, 3.63) is 102 Å². The Morgan fingerprint density at radius 2 is 1.60 bits per heavy atom. The third-order valence-electron chi connectivity index (χ3n) is 7.17. The fourth-order valence-corrected chi connectivity index (χ4v) is 4.95. The van der Waals surface area contributed by atoms with Gasteiger partial charge in [-0.25, -0.2) is 4.68 Å². The van der Waals surface area contributed by atoms with E-state index in [1.807, 2.05) is 48.5 Å². The van der Waals surface area contributed by atoms with Gasteiger partial charge in [0.15, 0.2) is 11.5 Å². The van der Waals surface area contributed by atoms with E-state index in [4.69, 9.17) is 18.9 Å². The van der Waals surface area contributed by atoms with Crippen LogP contribution < -0.4 is 24.3 Å². The van der Waals surface area contributed by atoms with Crippen molar-refractivity contribution in [1.82, 2.24) is 19.9 Å². The second-order valence-corrected chi connectivity index (χ2v) is 9.84. The number of aromatic nitrogens is 3. The van der Waals surface area contributed by atoms with Gasteiger partial charge in [0.05, 0.1) is 19.7 Å². The third-order valence-corrected chi connectivity index (χ3v) is 7.17. The molecule has 1 aliphatic rings. The van der Waals surface area contributed by atoms with Gasteiger partial charge in [-0.15, -0.1) is 5.10 Å². The van der Waals surface area contributed by atoms with Crippen LogP contribution >= 0.6 is 0 Å². The summed E-state index contributed by atoms with van der Waals surface area (Å²) in [7, 11) is 3.16. The molecule has 0 spiro atoms. The van der Waals surface area contributed by atoms with Crippen molar-refractivity contribution in [2.75, 3.05) is 26.3 Å². The van der Waals surface area contributed by atoms with E-state index in [1.54, 1.807) is 56.7 Å². The number of ether oxygens (including phenoxy) is 4. The van der Waals surface area contributed by atoms with Gasteiger partial charge >= 0.3 is 0 Å². The van der Waals surface area contributed by atoms with Crippen molar-refractivity contribution in [1.29, 1.82) is 0 Å². The molecule has 1 aliphatic heterocycles. The minimum absolute atomic E-state index is 0.0787. The van der Waals surface area contributed by atoms with Gasteiger partial charge in [0.25, 0.3) is 5.91 Å². The highest BCUT2D eigenvalue weighted by Crippen LogP contribution is 2.37. The van der Waals surface area contributed by atoms with Crippen LogP contribution in [0, 0.1) is 0 Å². The molecule has 11 nitrogen and oxygen atoms in total. The van der Waals surface area contributed by atoms with E-state index >= 15 is 0 Å². The van der Waals surface area contributed by atoms with Crippen LogP contribution in [0.2, 0.25) is 0 Å². The Kier molecular flexibility index (Phi) is 7.77. The zero-order valence-electron chi connectivity index (χ0n) is 23.6. The van der Waals surface area contributed by atoms with Crippen molar-refractivity contribution in [3.63, 3.8) is 0 Å². The molecule has 2 amide bonds. The van der Waals surface area contributed by atoms with E-state index in [0.29, 0.717) is 45.3 Å². The average molecular weight is 580 g/mol. The molecule has 218 valence electrons. The highest BCUT2D eigenvalue weighted by Gasteiger charge is 2.33. The number of anilines is 1. The zero-order valence-corrected chi connectivity index (χ0v) is 23.6. The van der Waals surface area contributed by atoms with Gasteiger partial charge in [0.2, 0.25) is 12.7 Å². The van der Waals surface area contributed by atoms with Crippen LogP contribution in [0.5, 0.6) is 23.0 Å². The summed E-state index contributed by atoms with van der Waals surface area (Å²) < 4.78 is 23.2. The van der Waals surface area contributed by atoms with Crippen molar-refractivity contribution in [3.8, 4) is 23.0 Å². The lowest BCUT2D eigenvalue weighted by Gasteiger charge is -2.32. The Balaban J connectivity index is 1.40. The average Bonchev–Trinajstić information content (AvgIpc) is 3.68. The summed E-state index contributed by atoms with van der Waals surface area (Å²) in [6, 6.07) is 25.9. The van der Waals surface area contributed by atoms with Crippen LogP contribution in [0.1, 0.15) is 17.2 Å². The van der Waals surface area contributed by atoms with Crippen LogP contribution in [0.15, 0.2) is 91.0 Å². The number of carbonyl (C=O) groups excluding carboxylic acids is 2. The van der Waals surface area contributed by atoms with Crippen LogP contribution in [0.3, 0.4) is 0 Å². The number of nitrogens with zero attached hydrogens (tertiary/aromatic N) is 4. The topological polar surface area (TPSA) is 117 Å². The first-order valence-electron chi connectivity index (χ1n) is 13.6. The number of amides is 2. The molecule has 0 saturated carbocycles. The summed E-state index contributed by atoms with van der Waals surface area (Å²) in [5.41, 5.74) is 3.29. The second kappa shape index (κ2) is 12.1. The number of hydrogen-bond donors (Lipinski definition) is 1. The molecule has 6 rings (SSSR count). The predicted molar refractivity (Wildman–Crippen MR) is 158 cm³/mol. The van der Waals surface area contributed by atoms with E-state index < -0.39 is 11.9 Å². The maximum atomic E-state index is 14.2. The Morgan fingerprint density at radius 3 is 2.35 bits per heavy atom. The van der Waals surface area contributed by atoms with Crippen LogP contribution in [-0.4, -0.2) is 52.7 Å². The molecular weight excluding hydrogens is 550 g/mol. The van der Waals surface area contributed by atoms with Gasteiger partial charge in [0.1, 0.15) is 29.6 Å². The highest BCUT2D eigenvalue weighted by atomic mass is 16.7. The minimum atomic E-state index is -1.04. The molecular formula is C32H29N5O6. The molecule has 0 fully saturated rings. The fourth-order valence-electron chi connectivity index (χ4n) is 4.95. The number of nitrogens with one attached hydrogen (secondary N) is 1. The first-order valence-corrected chi connectivity index (χ1v) is 13.6. The molecule has 1 aromatic heterocycles. The van der Waals surface area contributed by atoms with Crippen molar-refractivity contribution >= 4 is 28.5 Å². The Hall–Kier alpha value is -5.58. The van der Waals surface area contributed by atoms with E-state index in [9.17, 15) is 9.59 Å². The summed E-state index contributed by atoms with van der Waals surface area (Å²) in [5, 5.41) is 11.4. The lowest BCUT2D eigenvalue weighted by Crippen LogP contribution is -2.42. The van der Waals surface area contributed by atoms with Gasteiger partial charge in [-0.1, -0.05) is 35.5 Å². The SMILES string of the molecule is COc1ccc(CN(C(=O)Cn2nnc3ccccc32)C(C(=O)Nc2ccc(OC)cc2)c2ccc3c(c2)OCO3)cc1. The molecule has 1 N–H and O–H groups in total. The Labute approximate surface area is 247 Å². The monoisotopic (exact) mass is 579 g/mol. The Morgan fingerprint density at radius 1 is 0.907 bits per heavy atom. The maximum absolute atomic E-state index is 14.2. The van der Waals surface area contributed by atoms with Gasteiger partial charge < -0.3 is 29.2 Å². The van der Waals surface area contributed by atoms with Gasteiger partial charge in [-0.3, -0.25) is 9.59 Å². The van der Waals surface area contributed by atoms with Crippen LogP contribution in [0.4, 0.5) is 5.69 Å². The third kappa shape index (κ3) is 5.91. The van der Waals surface area contributed by atoms with E-state index in [1.165, 1.54) is 9.58 Å². The summed E-state index contributed by atoms with van der Waals surface area (Å²) in [5.74, 6) is 1.66. The van der Waals surface area contributed by atoms with Crippen molar-refractivity contribution in [2.45, 2.75) is 19.1 Å². The zero-order chi connectivity index (χ0) is 29.8. The van der Waals surface area contributed by atoms with Gasteiger partial charge in [-0.2, -0.15) is 0 Å². The fraction of sp³-hybridized carbons (Fsp3) is 0.188. The molecule has 1 atom stereocenters. The number of rotatable bonds is 10. The number of fused-ring (bicyclic) bond motifs is 2. The molecule has 11 heteroatoms. The van der Waals surface area contributed by atoms with Crippen molar-refractivity contribution in [2.24, 2.45) is 0 Å². The minimum Gasteiger partial charge on any atom is -0.497 e. The molecule has 0 bridgehead atoms. The molecule has 5 aromatic rings.